The molecule has 2 bridgehead atoms. The zero-order valence-corrected chi connectivity index (χ0v) is 40.9. The van der Waals surface area contributed by atoms with Crippen molar-refractivity contribution in [3.63, 3.8) is 0 Å². The van der Waals surface area contributed by atoms with Crippen molar-refractivity contribution in [2.45, 2.75) is 147 Å². The van der Waals surface area contributed by atoms with Crippen LogP contribution in [0.25, 0.3) is 0 Å². The number of benzene rings is 4. The van der Waals surface area contributed by atoms with Gasteiger partial charge < -0.3 is 33.1 Å². The first-order valence-corrected chi connectivity index (χ1v) is 24.8. The number of hydrogen-bond acceptors (Lipinski definition) is 11. The highest BCUT2D eigenvalue weighted by Crippen LogP contribution is 2.66. The van der Waals surface area contributed by atoms with Gasteiger partial charge >= 0.3 is 6.09 Å². The van der Waals surface area contributed by atoms with Crippen molar-refractivity contribution < 1.29 is 55.9 Å². The lowest BCUT2D eigenvalue weighted by Crippen LogP contribution is -2.80. The van der Waals surface area contributed by atoms with Crippen LogP contribution in [0.3, 0.4) is 0 Å². The summed E-state index contributed by atoms with van der Waals surface area (Å²) in [6.45, 7) is 14.2. The number of rotatable bonds is 15. The van der Waals surface area contributed by atoms with Crippen molar-refractivity contribution in [3.8, 4) is 11.5 Å². The number of amides is 1. The van der Waals surface area contributed by atoms with Crippen LogP contribution in [-0.4, -0.2) is 104 Å². The molecule has 1 saturated carbocycles. The lowest BCUT2D eigenvalue weighted by molar-refractivity contribution is -0.961. The van der Waals surface area contributed by atoms with E-state index < -0.39 is 38.9 Å². The molecule has 1 amide bonds. The average Bonchev–Trinajstić information content (AvgIpc) is 3.65. The molecule has 1 saturated heterocycles. The van der Waals surface area contributed by atoms with Crippen LogP contribution in [0.5, 0.6) is 11.5 Å². The van der Waals surface area contributed by atoms with Crippen LogP contribution in [0, 0.1) is 6.92 Å². The van der Waals surface area contributed by atoms with Gasteiger partial charge in [-0.2, -0.15) is 0 Å². The van der Waals surface area contributed by atoms with E-state index in [4.69, 9.17) is 18.9 Å². The van der Waals surface area contributed by atoms with E-state index in [-0.39, 0.29) is 50.4 Å². The second-order valence-corrected chi connectivity index (χ2v) is 21.3. The summed E-state index contributed by atoms with van der Waals surface area (Å²) in [6, 6.07) is 25.6. The number of nitrogens with zero attached hydrogens (tertiary/aromatic N) is 2. The molecule has 2 heterocycles. The van der Waals surface area contributed by atoms with Crippen molar-refractivity contribution in [1.29, 1.82) is 0 Å². The number of Topliss-reactive ketones (excluding diaryl/α,β-unsaturated/α-hetero) is 2. The Kier molecular flexibility index (Phi) is 17.1. The van der Waals surface area contributed by atoms with E-state index in [0.29, 0.717) is 79.4 Å². The first kappa shape index (κ1) is 54.8. The molecule has 13 nitrogen and oxygen atoms in total. The minimum Gasteiger partial charge on any atom is -0.744 e. The zero-order valence-electron chi connectivity index (χ0n) is 40.1. The number of ether oxygens (including phenoxy) is 4. The van der Waals surface area contributed by atoms with Crippen molar-refractivity contribution in [3.05, 3.63) is 118 Å². The molecule has 376 valence electrons. The first-order valence-electron chi connectivity index (χ1n) is 23.4. The van der Waals surface area contributed by atoms with Gasteiger partial charge in [0.15, 0.2) is 29.2 Å². The number of hydrogen-bond donors (Lipinski definition) is 1. The summed E-state index contributed by atoms with van der Waals surface area (Å²) in [7, 11) is -0.432. The summed E-state index contributed by atoms with van der Waals surface area (Å²) in [5.74, 6) is 1.86. The number of methoxy groups -OCH3 is 1. The molecule has 4 aliphatic rings. The summed E-state index contributed by atoms with van der Waals surface area (Å²) in [6.07, 6.45) is 2.89. The second-order valence-electron chi connectivity index (χ2n) is 20.0. The first-order chi connectivity index (χ1) is 31.6. The van der Waals surface area contributed by atoms with Gasteiger partial charge in [-0.1, -0.05) is 88.9 Å². The van der Waals surface area contributed by atoms with Crippen LogP contribution in [0.2, 0.25) is 0 Å². The van der Waals surface area contributed by atoms with Crippen LogP contribution in [0.4, 0.5) is 10.5 Å². The number of piperidine rings is 1. The number of ketones is 2. The molecule has 2 fully saturated rings. The fraction of sp³-hybridized carbons (Fsp3) is 0.509. The van der Waals surface area contributed by atoms with Crippen LogP contribution in [-0.2, 0) is 42.8 Å². The lowest BCUT2D eigenvalue weighted by Gasteiger charge is -2.64. The van der Waals surface area contributed by atoms with Gasteiger partial charge in [-0.15, -0.1) is 0 Å². The molecule has 1 spiro atoms. The molecule has 6 atom stereocenters. The number of likely N-dealkylation sites (tertiary alicyclic amines) is 1. The number of quaternary nitrogens is 1. The monoisotopic (exact) mass is 971 g/mol. The van der Waals surface area contributed by atoms with E-state index in [0.717, 1.165) is 40.8 Å². The van der Waals surface area contributed by atoms with Gasteiger partial charge in [0.25, 0.3) is 0 Å². The highest BCUT2D eigenvalue weighted by Gasteiger charge is 2.76. The Bertz CT molecular complexity index is 2560. The minimum absolute atomic E-state index is 0. The van der Waals surface area contributed by atoms with Gasteiger partial charge in [0.1, 0.15) is 33.9 Å². The Morgan fingerprint density at radius 3 is 2.25 bits per heavy atom. The highest BCUT2D eigenvalue weighted by atomic mass is 32.2. The fourth-order valence-electron chi connectivity index (χ4n) is 10.7. The van der Waals surface area contributed by atoms with Gasteiger partial charge in [-0.05, 0) is 94.3 Å². The Morgan fingerprint density at radius 1 is 0.971 bits per heavy atom. The largest absolute Gasteiger partial charge is 0.744 e. The van der Waals surface area contributed by atoms with Gasteiger partial charge in [-0.3, -0.25) is 14.5 Å². The lowest BCUT2D eigenvalue weighted by atomic mass is 9.48. The number of anilines is 1. The predicted octanol–water partition coefficient (Wildman–Crippen LogP) is 9.87. The SMILES string of the molecule is C.C.CCC(C)c1ccc(C(=O)CCCOCCN(C(=O)OC(C)(C)C)c2ccc(C[N+]3(C)CC[C@]45c6c7ccc(OC)c6O[C@H]4C(=O)CC[C@@]5(O)[C@H]3C7)cc2)cc1.Cc1ccc(S(=O)(=O)[O-])cc1. The van der Waals surface area contributed by atoms with E-state index in [2.05, 4.69) is 39.1 Å². The van der Waals surface area contributed by atoms with Crippen LogP contribution in [0.15, 0.2) is 89.8 Å². The number of carbonyl (C=O) groups is 3. The van der Waals surface area contributed by atoms with Gasteiger partial charge in [0.2, 0.25) is 0 Å². The maximum Gasteiger partial charge on any atom is 0.414 e. The molecule has 69 heavy (non-hydrogen) atoms. The molecule has 1 N–H and O–H groups in total. The third-order valence-corrected chi connectivity index (χ3v) is 15.2. The van der Waals surface area contributed by atoms with E-state index in [1.807, 2.05) is 70.2 Å². The molecule has 2 unspecified atom stereocenters. The summed E-state index contributed by atoms with van der Waals surface area (Å²) in [5.41, 5.74) is 4.22. The minimum atomic E-state index is -4.27. The standard InChI is InChI=1S/C46H59N2O8.C7H8O3S.2CH4/c1-8-30(2)32-13-15-33(16-14-32)36(49)10-9-26-54-27-24-47(43(51)56-44(3,4)5)35-18-11-31(12-19-35)29-48(6)25-23-45-40-34-17-20-38(53-7)41(40)55-42(45)37(50)21-22-46(45,52)39(48)28-34;1-6-2-4-7(5-3-6)11(8,9)10;;/h11-20,30,39,42,52H,8-10,21-29H2,1-7H3;2-5H,1H3,(H,8,9,10);2*1H4/q+1;;;/p-1/t30?,39-,42+,45+,46-,48?;;;/m1.../s1. The number of aliphatic hydroxyl groups is 1. The summed E-state index contributed by atoms with van der Waals surface area (Å²) in [5, 5.41) is 12.9. The molecule has 4 aromatic carbocycles. The maximum atomic E-state index is 13.5. The molecule has 0 radical (unpaired) electrons. The van der Waals surface area contributed by atoms with Crippen molar-refractivity contribution in [2.24, 2.45) is 0 Å². The third-order valence-electron chi connectivity index (χ3n) is 14.4. The molecule has 2 aliphatic heterocycles. The maximum absolute atomic E-state index is 13.5. The van der Waals surface area contributed by atoms with Crippen LogP contribution >= 0.6 is 0 Å². The average molecular weight is 971 g/mol. The zero-order chi connectivity index (χ0) is 48.5. The molecule has 8 rings (SSSR count). The highest BCUT2D eigenvalue weighted by molar-refractivity contribution is 7.85. The third kappa shape index (κ3) is 11.1. The normalized spacial score (nSPS) is 23.4. The van der Waals surface area contributed by atoms with Crippen molar-refractivity contribution in [1.82, 2.24) is 0 Å². The Hall–Kier alpha value is -5.12. The number of carbonyl (C=O) groups excluding carboxylic acids is 3. The molecule has 4 aromatic rings. The predicted molar refractivity (Wildman–Crippen MR) is 267 cm³/mol. The quantitative estimate of drug-likeness (QED) is 0.0521. The molecular formula is C55H74N2O11S. The van der Waals surface area contributed by atoms with Gasteiger partial charge in [0.05, 0.1) is 44.2 Å². The number of likely N-dealkylation sites (N-methyl/N-ethyl adjacent to an activating group) is 1. The van der Waals surface area contributed by atoms with Crippen molar-refractivity contribution in [2.75, 3.05) is 45.4 Å². The van der Waals surface area contributed by atoms with E-state index >= 15 is 0 Å². The molecule has 2 aliphatic carbocycles. The topological polar surface area (TPSA) is 169 Å². The van der Waals surface area contributed by atoms with Gasteiger partial charge in [0, 0.05) is 54.7 Å². The molecule has 14 heteroatoms. The molecule has 0 aromatic heterocycles. The molecular weight excluding hydrogens is 897 g/mol. The van der Waals surface area contributed by atoms with Crippen LogP contribution < -0.4 is 14.4 Å². The summed E-state index contributed by atoms with van der Waals surface area (Å²) < 4.78 is 55.6. The Morgan fingerprint density at radius 2 is 1.64 bits per heavy atom. The summed E-state index contributed by atoms with van der Waals surface area (Å²) >= 11 is 0. The second kappa shape index (κ2) is 21.5. The van der Waals surface area contributed by atoms with Crippen molar-refractivity contribution >= 4 is 33.5 Å². The van der Waals surface area contributed by atoms with Crippen LogP contribution in [0.1, 0.15) is 132 Å². The summed E-state index contributed by atoms with van der Waals surface area (Å²) in [4.78, 5) is 41.1. The van der Waals surface area contributed by atoms with E-state index in [9.17, 15) is 32.5 Å². The van der Waals surface area contributed by atoms with Gasteiger partial charge in [-0.25, -0.2) is 13.2 Å². The van der Waals surface area contributed by atoms with E-state index in [1.165, 1.54) is 17.7 Å². The smallest absolute Gasteiger partial charge is 0.414 e. The Balaban J connectivity index is 0.000000603. The van der Waals surface area contributed by atoms with E-state index in [1.54, 1.807) is 24.1 Å². The number of aryl methyl sites for hydroxylation is 1. The Labute approximate surface area is 410 Å². The fourth-order valence-corrected chi connectivity index (χ4v) is 11.2.